The molecule has 1 rings (SSSR count). The van der Waals surface area contributed by atoms with E-state index in [1.165, 1.54) is 19.2 Å². The fraction of sp³-hybridized carbons (Fsp3) is 0.375. The second-order valence-electron chi connectivity index (χ2n) is 2.99. The van der Waals surface area contributed by atoms with Gasteiger partial charge in [0.25, 0.3) is 10.0 Å². The number of aliphatic hydroxyl groups excluding tert-OH is 1. The number of rotatable bonds is 4. The van der Waals surface area contributed by atoms with Crippen molar-refractivity contribution in [2.75, 3.05) is 6.54 Å². The van der Waals surface area contributed by atoms with Crippen molar-refractivity contribution in [3.8, 4) is 0 Å². The summed E-state index contributed by atoms with van der Waals surface area (Å²) in [5, 5.41) is 8.23. The van der Waals surface area contributed by atoms with Crippen molar-refractivity contribution < 1.29 is 17.9 Å². The molecular formula is C8H11FN2O3S. The fourth-order valence-corrected chi connectivity index (χ4v) is 1.99. The summed E-state index contributed by atoms with van der Waals surface area (Å²) in [5.41, 5.74) is 0. The number of aromatic nitrogens is 1. The molecule has 0 unspecified atom stereocenters. The third-order valence-electron chi connectivity index (χ3n) is 1.55. The molecule has 0 aliphatic carbocycles. The van der Waals surface area contributed by atoms with Crippen LogP contribution in [0.3, 0.4) is 0 Å². The molecule has 0 amide bonds. The second kappa shape index (κ2) is 4.65. The standard InChI is InChI=1S/C8H11FN2O3S/c1-6(12)5-11-15(13,14)8-7(9)3-2-4-10-8/h2-4,6,11-12H,5H2,1H3/t6-/m1/s1. The van der Waals surface area contributed by atoms with Gasteiger partial charge in [0, 0.05) is 12.7 Å². The number of nitrogens with zero attached hydrogens (tertiary/aromatic N) is 1. The first-order valence-electron chi connectivity index (χ1n) is 4.22. The van der Waals surface area contributed by atoms with Gasteiger partial charge < -0.3 is 5.11 Å². The summed E-state index contributed by atoms with van der Waals surface area (Å²) in [6.45, 7) is 1.23. The predicted octanol–water partition coefficient (Wildman–Crippen LogP) is -0.120. The van der Waals surface area contributed by atoms with Crippen molar-refractivity contribution in [1.29, 1.82) is 0 Å². The molecule has 1 atom stereocenters. The molecule has 0 fully saturated rings. The van der Waals surface area contributed by atoms with Gasteiger partial charge in [0.15, 0.2) is 5.82 Å². The SMILES string of the molecule is C[C@@H](O)CNS(=O)(=O)c1ncccc1F. The number of nitrogens with one attached hydrogen (secondary N) is 1. The highest BCUT2D eigenvalue weighted by Gasteiger charge is 2.20. The molecule has 0 aromatic carbocycles. The Kier molecular flexibility index (Phi) is 3.72. The first kappa shape index (κ1) is 12.0. The molecule has 15 heavy (non-hydrogen) atoms. The van der Waals surface area contributed by atoms with Gasteiger partial charge in [-0.1, -0.05) is 0 Å². The van der Waals surface area contributed by atoms with E-state index < -0.39 is 27.0 Å². The number of sulfonamides is 1. The Morgan fingerprint density at radius 1 is 1.67 bits per heavy atom. The second-order valence-corrected chi connectivity index (χ2v) is 4.67. The lowest BCUT2D eigenvalue weighted by Crippen LogP contribution is -2.31. The lowest BCUT2D eigenvalue weighted by molar-refractivity contribution is 0.198. The molecular weight excluding hydrogens is 223 g/mol. The summed E-state index contributed by atoms with van der Waals surface area (Å²) in [5.74, 6) is -0.921. The highest BCUT2D eigenvalue weighted by molar-refractivity contribution is 7.89. The maximum atomic E-state index is 13.1. The van der Waals surface area contributed by atoms with Crippen LogP contribution in [0, 0.1) is 5.82 Å². The van der Waals surface area contributed by atoms with Crippen molar-refractivity contribution in [3.05, 3.63) is 24.1 Å². The highest BCUT2D eigenvalue weighted by Crippen LogP contribution is 2.09. The van der Waals surface area contributed by atoms with E-state index in [9.17, 15) is 12.8 Å². The molecule has 1 heterocycles. The molecule has 0 spiro atoms. The molecule has 0 saturated heterocycles. The number of hydrogen-bond acceptors (Lipinski definition) is 4. The van der Waals surface area contributed by atoms with Crippen LogP contribution in [0.15, 0.2) is 23.4 Å². The number of aliphatic hydroxyl groups is 1. The van der Waals surface area contributed by atoms with Crippen LogP contribution in [-0.4, -0.2) is 31.2 Å². The first-order valence-corrected chi connectivity index (χ1v) is 5.70. The smallest absolute Gasteiger partial charge is 0.261 e. The van der Waals surface area contributed by atoms with E-state index in [1.807, 2.05) is 4.72 Å². The fourth-order valence-electron chi connectivity index (χ4n) is 0.868. The average molecular weight is 234 g/mol. The highest BCUT2D eigenvalue weighted by atomic mass is 32.2. The van der Waals surface area contributed by atoms with E-state index >= 15 is 0 Å². The van der Waals surface area contributed by atoms with Crippen molar-refractivity contribution in [2.24, 2.45) is 0 Å². The topological polar surface area (TPSA) is 79.3 Å². The van der Waals surface area contributed by atoms with Gasteiger partial charge in [-0.2, -0.15) is 0 Å². The van der Waals surface area contributed by atoms with Crippen LogP contribution < -0.4 is 4.72 Å². The Labute approximate surface area is 87.0 Å². The molecule has 84 valence electrons. The van der Waals surface area contributed by atoms with Gasteiger partial charge in [0.2, 0.25) is 5.03 Å². The summed E-state index contributed by atoms with van der Waals surface area (Å²) >= 11 is 0. The molecule has 1 aromatic rings. The first-order chi connectivity index (χ1) is 6.93. The maximum absolute atomic E-state index is 13.1. The van der Waals surface area contributed by atoms with Crippen LogP contribution >= 0.6 is 0 Å². The van der Waals surface area contributed by atoms with Gasteiger partial charge in [0.1, 0.15) is 0 Å². The van der Waals surface area contributed by atoms with Gasteiger partial charge in [-0.15, -0.1) is 0 Å². The zero-order chi connectivity index (χ0) is 11.5. The molecule has 1 aromatic heterocycles. The van der Waals surface area contributed by atoms with Crippen LogP contribution in [-0.2, 0) is 10.0 Å². The molecule has 0 radical (unpaired) electrons. The third-order valence-corrected chi connectivity index (χ3v) is 2.90. The van der Waals surface area contributed by atoms with Gasteiger partial charge in [-0.25, -0.2) is 22.5 Å². The Morgan fingerprint density at radius 3 is 2.87 bits per heavy atom. The van der Waals surface area contributed by atoms with Crippen LogP contribution in [0.25, 0.3) is 0 Å². The number of halogens is 1. The Morgan fingerprint density at radius 2 is 2.33 bits per heavy atom. The predicted molar refractivity (Wildman–Crippen MR) is 51.1 cm³/mol. The van der Waals surface area contributed by atoms with Crippen LogP contribution in [0.4, 0.5) is 4.39 Å². The van der Waals surface area contributed by atoms with Crippen molar-refractivity contribution >= 4 is 10.0 Å². The summed E-state index contributed by atoms with van der Waals surface area (Å²) in [6.07, 6.45) is 0.339. The minimum absolute atomic E-state index is 0.182. The van der Waals surface area contributed by atoms with E-state index in [-0.39, 0.29) is 6.54 Å². The lowest BCUT2D eigenvalue weighted by Gasteiger charge is -2.07. The minimum Gasteiger partial charge on any atom is -0.392 e. The van der Waals surface area contributed by atoms with E-state index in [0.717, 1.165) is 6.07 Å². The van der Waals surface area contributed by atoms with E-state index in [1.54, 1.807) is 0 Å². The zero-order valence-electron chi connectivity index (χ0n) is 8.01. The van der Waals surface area contributed by atoms with Gasteiger partial charge in [0.05, 0.1) is 6.10 Å². The quantitative estimate of drug-likeness (QED) is 0.761. The molecule has 0 bridgehead atoms. The molecule has 0 saturated carbocycles. The summed E-state index contributed by atoms with van der Waals surface area (Å²) in [7, 11) is -3.98. The van der Waals surface area contributed by atoms with Gasteiger partial charge in [-0.3, -0.25) is 0 Å². The van der Waals surface area contributed by atoms with Crippen molar-refractivity contribution in [2.45, 2.75) is 18.1 Å². The average Bonchev–Trinajstić information content (AvgIpc) is 2.15. The Hall–Kier alpha value is -1.05. The summed E-state index contributed by atoms with van der Waals surface area (Å²) in [4.78, 5) is 3.42. The van der Waals surface area contributed by atoms with Gasteiger partial charge in [-0.05, 0) is 19.1 Å². The largest absolute Gasteiger partial charge is 0.392 e. The van der Waals surface area contributed by atoms with Crippen LogP contribution in [0.5, 0.6) is 0 Å². The summed E-state index contributed by atoms with van der Waals surface area (Å²) < 4.78 is 38.0. The van der Waals surface area contributed by atoms with Crippen LogP contribution in [0.1, 0.15) is 6.92 Å². The minimum atomic E-state index is -3.98. The van der Waals surface area contributed by atoms with Gasteiger partial charge >= 0.3 is 0 Å². The lowest BCUT2D eigenvalue weighted by atomic mass is 10.4. The molecule has 0 aliphatic heterocycles. The maximum Gasteiger partial charge on any atom is 0.261 e. The zero-order valence-corrected chi connectivity index (χ0v) is 8.83. The number of hydrogen-bond donors (Lipinski definition) is 2. The van der Waals surface area contributed by atoms with Crippen LogP contribution in [0.2, 0.25) is 0 Å². The van der Waals surface area contributed by atoms with E-state index in [4.69, 9.17) is 5.11 Å². The van der Waals surface area contributed by atoms with Crippen molar-refractivity contribution in [3.63, 3.8) is 0 Å². The normalized spacial score (nSPS) is 13.8. The van der Waals surface area contributed by atoms with E-state index in [0.29, 0.717) is 0 Å². The Bertz CT molecular complexity index is 433. The van der Waals surface area contributed by atoms with E-state index in [2.05, 4.69) is 4.98 Å². The third kappa shape index (κ3) is 3.22. The molecule has 5 nitrogen and oxygen atoms in total. The summed E-state index contributed by atoms with van der Waals surface area (Å²) in [6, 6.07) is 2.30. The molecule has 2 N–H and O–H groups in total. The Balaban J connectivity index is 2.92. The monoisotopic (exact) mass is 234 g/mol. The van der Waals surface area contributed by atoms with Crippen molar-refractivity contribution in [1.82, 2.24) is 9.71 Å². The molecule has 0 aliphatic rings. The molecule has 7 heteroatoms. The number of pyridine rings is 1.